The van der Waals surface area contributed by atoms with Crippen molar-refractivity contribution in [3.63, 3.8) is 0 Å². The second-order valence-corrected chi connectivity index (χ2v) is 4.95. The maximum Gasteiger partial charge on any atom is 0.110 e. The zero-order valence-electron chi connectivity index (χ0n) is 12.0. The standard InChI is InChI=1S/C17H16N4/c1-2-21-16-7-5-14(11-18)10-15(16)20-17(21)8-6-13-4-3-9-19-12-13/h3-5,7,9-10,12H,2,6,8H2,1H3. The van der Waals surface area contributed by atoms with Gasteiger partial charge in [0.1, 0.15) is 5.82 Å². The highest BCUT2D eigenvalue weighted by Gasteiger charge is 2.10. The van der Waals surface area contributed by atoms with Crippen LogP contribution in [-0.2, 0) is 19.4 Å². The molecule has 2 aromatic heterocycles. The van der Waals surface area contributed by atoms with Crippen LogP contribution in [0.1, 0.15) is 23.9 Å². The Hall–Kier alpha value is -2.67. The number of benzene rings is 1. The van der Waals surface area contributed by atoms with Crippen molar-refractivity contribution in [2.45, 2.75) is 26.3 Å². The number of nitriles is 1. The Morgan fingerprint density at radius 1 is 1.24 bits per heavy atom. The third kappa shape index (κ3) is 2.63. The fourth-order valence-electron chi connectivity index (χ4n) is 2.60. The number of rotatable bonds is 4. The van der Waals surface area contributed by atoms with Crippen LogP contribution in [0.15, 0.2) is 42.7 Å². The van der Waals surface area contributed by atoms with Gasteiger partial charge in [0, 0.05) is 25.4 Å². The average Bonchev–Trinajstić information content (AvgIpc) is 2.90. The van der Waals surface area contributed by atoms with Crippen LogP contribution in [0.3, 0.4) is 0 Å². The fourth-order valence-corrected chi connectivity index (χ4v) is 2.60. The average molecular weight is 276 g/mol. The van der Waals surface area contributed by atoms with Gasteiger partial charge in [-0.1, -0.05) is 6.07 Å². The van der Waals surface area contributed by atoms with Crippen LogP contribution in [-0.4, -0.2) is 14.5 Å². The van der Waals surface area contributed by atoms with Crippen molar-refractivity contribution in [3.05, 3.63) is 59.7 Å². The van der Waals surface area contributed by atoms with E-state index in [2.05, 4.69) is 28.6 Å². The highest BCUT2D eigenvalue weighted by atomic mass is 15.1. The fraction of sp³-hybridized carbons (Fsp3) is 0.235. The minimum atomic E-state index is 0.655. The Bertz CT molecular complexity index is 797. The van der Waals surface area contributed by atoms with E-state index in [4.69, 9.17) is 10.2 Å². The van der Waals surface area contributed by atoms with Gasteiger partial charge in [-0.3, -0.25) is 4.98 Å². The molecular formula is C17H16N4. The molecule has 104 valence electrons. The van der Waals surface area contributed by atoms with E-state index in [1.807, 2.05) is 30.5 Å². The van der Waals surface area contributed by atoms with Crippen molar-refractivity contribution in [3.8, 4) is 6.07 Å². The minimum absolute atomic E-state index is 0.655. The highest BCUT2D eigenvalue weighted by molar-refractivity contribution is 5.77. The Morgan fingerprint density at radius 2 is 2.14 bits per heavy atom. The van der Waals surface area contributed by atoms with Gasteiger partial charge in [-0.25, -0.2) is 4.98 Å². The first-order valence-electron chi connectivity index (χ1n) is 7.10. The van der Waals surface area contributed by atoms with Gasteiger partial charge in [0.05, 0.1) is 22.7 Å². The Kier molecular flexibility index (Phi) is 3.65. The number of aryl methyl sites for hydroxylation is 3. The number of pyridine rings is 1. The van der Waals surface area contributed by atoms with Gasteiger partial charge in [-0.2, -0.15) is 5.26 Å². The van der Waals surface area contributed by atoms with Crippen LogP contribution >= 0.6 is 0 Å². The molecule has 0 amide bonds. The van der Waals surface area contributed by atoms with Gasteiger partial charge >= 0.3 is 0 Å². The molecule has 0 atom stereocenters. The predicted molar refractivity (Wildman–Crippen MR) is 81.8 cm³/mol. The van der Waals surface area contributed by atoms with E-state index < -0.39 is 0 Å². The molecule has 0 aliphatic heterocycles. The zero-order valence-corrected chi connectivity index (χ0v) is 12.0. The van der Waals surface area contributed by atoms with Gasteiger partial charge in [0.15, 0.2) is 0 Å². The molecule has 3 aromatic rings. The molecule has 0 aliphatic carbocycles. The number of imidazole rings is 1. The molecule has 0 bridgehead atoms. The number of hydrogen-bond donors (Lipinski definition) is 0. The number of fused-ring (bicyclic) bond motifs is 1. The zero-order chi connectivity index (χ0) is 14.7. The summed E-state index contributed by atoms with van der Waals surface area (Å²) in [5.74, 6) is 1.06. The molecule has 0 spiro atoms. The second-order valence-electron chi connectivity index (χ2n) is 4.95. The summed E-state index contributed by atoms with van der Waals surface area (Å²) in [4.78, 5) is 8.84. The molecule has 0 radical (unpaired) electrons. The Morgan fingerprint density at radius 3 is 2.86 bits per heavy atom. The van der Waals surface area contributed by atoms with Crippen molar-refractivity contribution in [1.82, 2.24) is 14.5 Å². The summed E-state index contributed by atoms with van der Waals surface area (Å²) in [6, 6.07) is 11.9. The van der Waals surface area contributed by atoms with E-state index in [0.29, 0.717) is 5.56 Å². The summed E-state index contributed by atoms with van der Waals surface area (Å²) in [5, 5.41) is 8.99. The molecule has 4 heteroatoms. The summed E-state index contributed by atoms with van der Waals surface area (Å²) >= 11 is 0. The summed E-state index contributed by atoms with van der Waals surface area (Å²) < 4.78 is 2.22. The first kappa shape index (κ1) is 13.3. The molecule has 0 saturated heterocycles. The lowest BCUT2D eigenvalue weighted by atomic mass is 10.1. The highest BCUT2D eigenvalue weighted by Crippen LogP contribution is 2.19. The van der Waals surface area contributed by atoms with Crippen LogP contribution in [0.4, 0.5) is 0 Å². The van der Waals surface area contributed by atoms with Gasteiger partial charge in [-0.05, 0) is 43.2 Å². The summed E-state index contributed by atoms with van der Waals surface area (Å²) in [7, 11) is 0. The molecule has 0 fully saturated rings. The van der Waals surface area contributed by atoms with Crippen LogP contribution < -0.4 is 0 Å². The van der Waals surface area contributed by atoms with E-state index in [1.54, 1.807) is 6.20 Å². The molecular weight excluding hydrogens is 260 g/mol. The maximum atomic E-state index is 8.99. The van der Waals surface area contributed by atoms with Crippen molar-refractivity contribution < 1.29 is 0 Å². The van der Waals surface area contributed by atoms with Crippen LogP contribution in [0.2, 0.25) is 0 Å². The van der Waals surface area contributed by atoms with Gasteiger partial charge < -0.3 is 4.57 Å². The second kappa shape index (κ2) is 5.76. The van der Waals surface area contributed by atoms with Crippen LogP contribution in [0, 0.1) is 11.3 Å². The monoisotopic (exact) mass is 276 g/mol. The van der Waals surface area contributed by atoms with Crippen LogP contribution in [0.5, 0.6) is 0 Å². The lowest BCUT2D eigenvalue weighted by Gasteiger charge is -2.06. The van der Waals surface area contributed by atoms with E-state index in [-0.39, 0.29) is 0 Å². The smallest absolute Gasteiger partial charge is 0.110 e. The third-order valence-corrected chi connectivity index (χ3v) is 3.63. The van der Waals surface area contributed by atoms with Crippen molar-refractivity contribution in [1.29, 1.82) is 5.26 Å². The third-order valence-electron chi connectivity index (χ3n) is 3.63. The number of hydrogen-bond acceptors (Lipinski definition) is 3. The lowest BCUT2D eigenvalue weighted by Crippen LogP contribution is -2.03. The first-order valence-corrected chi connectivity index (χ1v) is 7.10. The SMILES string of the molecule is CCn1c(CCc2cccnc2)nc2cc(C#N)ccc21. The molecule has 2 heterocycles. The summed E-state index contributed by atoms with van der Waals surface area (Å²) in [6.45, 7) is 3.00. The molecule has 4 nitrogen and oxygen atoms in total. The predicted octanol–water partition coefficient (Wildman–Crippen LogP) is 3.11. The molecule has 3 rings (SSSR count). The normalized spacial score (nSPS) is 10.7. The molecule has 0 N–H and O–H groups in total. The molecule has 21 heavy (non-hydrogen) atoms. The van der Waals surface area contributed by atoms with E-state index in [9.17, 15) is 0 Å². The molecule has 1 aromatic carbocycles. The van der Waals surface area contributed by atoms with E-state index in [1.165, 1.54) is 5.56 Å². The Balaban J connectivity index is 1.92. The summed E-state index contributed by atoms with van der Waals surface area (Å²) in [5.41, 5.74) is 3.86. The first-order chi connectivity index (χ1) is 10.3. The van der Waals surface area contributed by atoms with Gasteiger partial charge in [0.25, 0.3) is 0 Å². The van der Waals surface area contributed by atoms with Crippen molar-refractivity contribution >= 4 is 11.0 Å². The van der Waals surface area contributed by atoms with Crippen molar-refractivity contribution in [2.24, 2.45) is 0 Å². The number of aromatic nitrogens is 3. The van der Waals surface area contributed by atoms with Gasteiger partial charge in [0.2, 0.25) is 0 Å². The maximum absolute atomic E-state index is 8.99. The molecule has 0 saturated carbocycles. The lowest BCUT2D eigenvalue weighted by molar-refractivity contribution is 0.706. The van der Waals surface area contributed by atoms with Crippen molar-refractivity contribution in [2.75, 3.05) is 0 Å². The van der Waals surface area contributed by atoms with Crippen LogP contribution in [0.25, 0.3) is 11.0 Å². The minimum Gasteiger partial charge on any atom is -0.328 e. The quantitative estimate of drug-likeness (QED) is 0.735. The molecule has 0 unspecified atom stereocenters. The van der Waals surface area contributed by atoms with Gasteiger partial charge in [-0.15, -0.1) is 0 Å². The number of nitrogens with zero attached hydrogens (tertiary/aromatic N) is 4. The molecule has 0 aliphatic rings. The summed E-state index contributed by atoms with van der Waals surface area (Å²) in [6.07, 6.45) is 5.47. The largest absolute Gasteiger partial charge is 0.328 e. The Labute approximate surface area is 123 Å². The van der Waals surface area contributed by atoms with E-state index >= 15 is 0 Å². The topological polar surface area (TPSA) is 54.5 Å². The van der Waals surface area contributed by atoms with E-state index in [0.717, 1.165) is 36.2 Å².